The van der Waals surface area contributed by atoms with Crippen molar-refractivity contribution in [3.63, 3.8) is 0 Å². The third-order valence-corrected chi connectivity index (χ3v) is 3.96. The van der Waals surface area contributed by atoms with E-state index in [1.165, 1.54) is 11.5 Å². The summed E-state index contributed by atoms with van der Waals surface area (Å²) in [6.45, 7) is 6.40. The molecule has 1 heterocycles. The van der Waals surface area contributed by atoms with Crippen molar-refractivity contribution in [2.24, 2.45) is 0 Å². The van der Waals surface area contributed by atoms with Crippen molar-refractivity contribution in [3.05, 3.63) is 52.5 Å². The van der Waals surface area contributed by atoms with E-state index in [9.17, 15) is 4.79 Å². The number of ether oxygens (including phenoxy) is 1. The molecule has 20 heavy (non-hydrogen) atoms. The van der Waals surface area contributed by atoms with E-state index >= 15 is 0 Å². The van der Waals surface area contributed by atoms with Gasteiger partial charge in [0.15, 0.2) is 0 Å². The van der Waals surface area contributed by atoms with Crippen LogP contribution in [0.1, 0.15) is 37.1 Å². The highest BCUT2D eigenvalue weighted by molar-refractivity contribution is 7.03. The van der Waals surface area contributed by atoms with E-state index in [0.29, 0.717) is 13.0 Å². The fraction of sp³-hybridized carbons (Fsp3) is 0.375. The minimum absolute atomic E-state index is 0.189. The Morgan fingerprint density at radius 3 is 2.60 bits per heavy atom. The van der Waals surface area contributed by atoms with E-state index in [0.717, 1.165) is 16.8 Å². The van der Waals surface area contributed by atoms with Crippen LogP contribution in [0.5, 0.6) is 0 Å². The zero-order chi connectivity index (χ0) is 14.6. The first-order valence-electron chi connectivity index (χ1n) is 6.60. The molecule has 2 aromatic rings. The van der Waals surface area contributed by atoms with Crippen molar-refractivity contribution in [3.8, 4) is 0 Å². The van der Waals surface area contributed by atoms with Gasteiger partial charge in [-0.3, -0.25) is 4.79 Å². The number of benzene rings is 1. The first kappa shape index (κ1) is 14.7. The number of esters is 1. The van der Waals surface area contributed by atoms with E-state index in [1.54, 1.807) is 0 Å². The molecular weight excluding hydrogens is 270 g/mol. The Bertz CT molecular complexity index is 575. The van der Waals surface area contributed by atoms with E-state index in [1.807, 2.05) is 56.5 Å². The van der Waals surface area contributed by atoms with Crippen LogP contribution in [-0.4, -0.2) is 10.3 Å². The van der Waals surface area contributed by atoms with Gasteiger partial charge in [-0.2, -0.15) is 4.37 Å². The molecule has 0 N–H and O–H groups in total. The SMILES string of the molecule is Cc1csnc1C(C)(C)CC(=O)OCc1ccccc1. The van der Waals surface area contributed by atoms with Gasteiger partial charge in [0.1, 0.15) is 6.61 Å². The van der Waals surface area contributed by atoms with Crippen molar-refractivity contribution >= 4 is 17.5 Å². The maximum absolute atomic E-state index is 12.0. The van der Waals surface area contributed by atoms with Crippen molar-refractivity contribution in [1.29, 1.82) is 0 Å². The summed E-state index contributed by atoms with van der Waals surface area (Å²) in [4.78, 5) is 12.0. The summed E-state index contributed by atoms with van der Waals surface area (Å²) in [5.41, 5.74) is 2.83. The molecule has 0 aliphatic rings. The predicted molar refractivity (Wildman–Crippen MR) is 80.7 cm³/mol. The molecule has 1 aromatic heterocycles. The van der Waals surface area contributed by atoms with Gasteiger partial charge in [0.05, 0.1) is 12.1 Å². The Hall–Kier alpha value is -1.68. The minimum atomic E-state index is -0.294. The van der Waals surface area contributed by atoms with Crippen molar-refractivity contribution < 1.29 is 9.53 Å². The van der Waals surface area contributed by atoms with E-state index in [2.05, 4.69) is 4.37 Å². The second kappa shape index (κ2) is 6.18. The lowest BCUT2D eigenvalue weighted by atomic mass is 9.84. The molecule has 3 nitrogen and oxygen atoms in total. The molecule has 0 radical (unpaired) electrons. The Morgan fingerprint density at radius 2 is 2.00 bits per heavy atom. The molecule has 0 fully saturated rings. The average molecular weight is 289 g/mol. The number of aryl methyl sites for hydroxylation is 1. The van der Waals surface area contributed by atoms with Gasteiger partial charge < -0.3 is 4.74 Å². The van der Waals surface area contributed by atoms with Crippen LogP contribution >= 0.6 is 11.5 Å². The zero-order valence-electron chi connectivity index (χ0n) is 12.1. The molecule has 0 saturated heterocycles. The molecule has 0 amide bonds. The second-order valence-corrected chi connectivity index (χ2v) is 6.18. The van der Waals surface area contributed by atoms with Crippen LogP contribution < -0.4 is 0 Å². The van der Waals surface area contributed by atoms with Gasteiger partial charge >= 0.3 is 5.97 Å². The van der Waals surface area contributed by atoms with Crippen LogP contribution in [0, 0.1) is 6.92 Å². The molecule has 0 atom stereocenters. The standard InChI is InChI=1S/C16H19NO2S/c1-12-11-20-17-15(12)16(2,3)9-14(18)19-10-13-7-5-4-6-8-13/h4-8,11H,9-10H2,1-3H3. The number of carbonyl (C=O) groups is 1. The van der Waals surface area contributed by atoms with Gasteiger partial charge in [-0.1, -0.05) is 44.2 Å². The minimum Gasteiger partial charge on any atom is -0.461 e. The lowest BCUT2D eigenvalue weighted by molar-refractivity contribution is -0.146. The number of aromatic nitrogens is 1. The van der Waals surface area contributed by atoms with Gasteiger partial charge in [-0.05, 0) is 29.6 Å². The highest BCUT2D eigenvalue weighted by Gasteiger charge is 2.28. The monoisotopic (exact) mass is 289 g/mol. The van der Waals surface area contributed by atoms with Crippen molar-refractivity contribution in [2.75, 3.05) is 0 Å². The zero-order valence-corrected chi connectivity index (χ0v) is 12.9. The smallest absolute Gasteiger partial charge is 0.307 e. The Kier molecular flexibility index (Phi) is 4.55. The first-order valence-corrected chi connectivity index (χ1v) is 7.44. The molecular formula is C16H19NO2S. The number of nitrogens with zero attached hydrogens (tertiary/aromatic N) is 1. The Labute approximate surface area is 123 Å². The summed E-state index contributed by atoms with van der Waals surface area (Å²) in [7, 11) is 0. The molecule has 1 aromatic carbocycles. The third-order valence-electron chi connectivity index (χ3n) is 3.22. The summed E-state index contributed by atoms with van der Waals surface area (Å²) >= 11 is 1.43. The molecule has 0 bridgehead atoms. The Balaban J connectivity index is 1.93. The van der Waals surface area contributed by atoms with Crippen LogP contribution in [0.15, 0.2) is 35.7 Å². The first-order chi connectivity index (χ1) is 9.49. The molecule has 0 saturated carbocycles. The predicted octanol–water partition coefficient (Wildman–Crippen LogP) is 3.86. The molecule has 4 heteroatoms. The fourth-order valence-electron chi connectivity index (χ4n) is 2.18. The Morgan fingerprint density at radius 1 is 1.30 bits per heavy atom. The largest absolute Gasteiger partial charge is 0.461 e. The van der Waals surface area contributed by atoms with Crippen LogP contribution in [0.2, 0.25) is 0 Å². The van der Waals surface area contributed by atoms with E-state index in [4.69, 9.17) is 4.74 Å². The highest BCUT2D eigenvalue weighted by atomic mass is 32.1. The molecule has 0 unspecified atom stereocenters. The summed E-state index contributed by atoms with van der Waals surface area (Å²) < 4.78 is 9.73. The normalized spacial score (nSPS) is 11.3. The molecule has 0 spiro atoms. The second-order valence-electron chi connectivity index (χ2n) is 5.55. The van der Waals surface area contributed by atoms with Gasteiger partial charge in [-0.15, -0.1) is 0 Å². The lowest BCUT2D eigenvalue weighted by Crippen LogP contribution is -2.24. The van der Waals surface area contributed by atoms with E-state index < -0.39 is 0 Å². The maximum Gasteiger partial charge on any atom is 0.307 e. The van der Waals surface area contributed by atoms with Crippen LogP contribution in [-0.2, 0) is 21.6 Å². The molecule has 0 aliphatic carbocycles. The van der Waals surface area contributed by atoms with E-state index in [-0.39, 0.29) is 11.4 Å². The van der Waals surface area contributed by atoms with Gasteiger partial charge in [0, 0.05) is 10.8 Å². The number of hydrogen-bond acceptors (Lipinski definition) is 4. The highest BCUT2D eigenvalue weighted by Crippen LogP contribution is 2.29. The van der Waals surface area contributed by atoms with Crippen molar-refractivity contribution in [2.45, 2.75) is 39.2 Å². The van der Waals surface area contributed by atoms with Gasteiger partial charge in [-0.25, -0.2) is 0 Å². The van der Waals surface area contributed by atoms with Crippen LogP contribution in [0.3, 0.4) is 0 Å². The molecule has 0 aliphatic heterocycles. The number of carbonyl (C=O) groups excluding carboxylic acids is 1. The van der Waals surface area contributed by atoms with Gasteiger partial charge in [0.25, 0.3) is 0 Å². The number of rotatable bonds is 5. The summed E-state index contributed by atoms with van der Waals surface area (Å²) in [6, 6.07) is 9.71. The summed E-state index contributed by atoms with van der Waals surface area (Å²) in [5, 5.41) is 2.01. The topological polar surface area (TPSA) is 39.2 Å². The quantitative estimate of drug-likeness (QED) is 0.785. The summed E-state index contributed by atoms with van der Waals surface area (Å²) in [5.74, 6) is -0.189. The number of hydrogen-bond donors (Lipinski definition) is 0. The molecule has 106 valence electrons. The maximum atomic E-state index is 12.0. The third kappa shape index (κ3) is 3.67. The van der Waals surface area contributed by atoms with Crippen LogP contribution in [0.4, 0.5) is 0 Å². The van der Waals surface area contributed by atoms with Crippen molar-refractivity contribution in [1.82, 2.24) is 4.37 Å². The average Bonchev–Trinajstić information content (AvgIpc) is 2.84. The lowest BCUT2D eigenvalue weighted by Gasteiger charge is -2.22. The molecule has 2 rings (SSSR count). The van der Waals surface area contributed by atoms with Crippen LogP contribution in [0.25, 0.3) is 0 Å². The van der Waals surface area contributed by atoms with Gasteiger partial charge in [0.2, 0.25) is 0 Å². The fourth-order valence-corrected chi connectivity index (χ4v) is 3.00. The summed E-state index contributed by atoms with van der Waals surface area (Å²) in [6.07, 6.45) is 0.338.